The van der Waals surface area contributed by atoms with Gasteiger partial charge in [-0.1, -0.05) is 12.8 Å². The quantitative estimate of drug-likeness (QED) is 0.287. The summed E-state index contributed by atoms with van der Waals surface area (Å²) in [5.74, 6) is 0.540. The molecule has 0 radical (unpaired) electrons. The van der Waals surface area contributed by atoms with E-state index in [0.29, 0.717) is 16.9 Å². The maximum absolute atomic E-state index is 10.9. The van der Waals surface area contributed by atoms with Crippen molar-refractivity contribution >= 4 is 36.0 Å². The van der Waals surface area contributed by atoms with Gasteiger partial charge in [-0.25, -0.2) is 4.68 Å². The Bertz CT molecular complexity index is 949. The maximum atomic E-state index is 10.9. The third kappa shape index (κ3) is 4.61. The Morgan fingerprint density at radius 2 is 2.00 bits per heavy atom. The second kappa shape index (κ2) is 8.64. The predicted octanol–water partition coefficient (Wildman–Crippen LogP) is 0.605. The molecule has 166 valence electrons. The third-order valence-electron chi connectivity index (χ3n) is 5.24. The van der Waals surface area contributed by atoms with E-state index >= 15 is 0 Å². The van der Waals surface area contributed by atoms with E-state index < -0.39 is 38.5 Å². The molecule has 1 aliphatic carbocycles. The molecule has 5 N–H and O–H groups in total. The number of ether oxygens (including phenoxy) is 2. The van der Waals surface area contributed by atoms with Gasteiger partial charge >= 0.3 is 7.60 Å². The lowest BCUT2D eigenvalue weighted by Gasteiger charge is -2.17. The highest BCUT2D eigenvalue weighted by Gasteiger charge is 2.45. The SMILES string of the molecule is O=P(O)(O)COCC1OC(n2ncc3c(NC4CCCC4)nc(Cl)nc32)C(O)C1O. The number of hydrogen-bond acceptors (Lipinski definition) is 9. The molecule has 4 atom stereocenters. The first kappa shape index (κ1) is 21.8. The summed E-state index contributed by atoms with van der Waals surface area (Å²) in [5.41, 5.74) is 0.323. The topological polar surface area (TPSA) is 172 Å². The highest BCUT2D eigenvalue weighted by molar-refractivity contribution is 7.51. The van der Waals surface area contributed by atoms with Crippen LogP contribution in [0.25, 0.3) is 11.0 Å². The highest BCUT2D eigenvalue weighted by Crippen LogP contribution is 2.36. The first-order valence-electron chi connectivity index (χ1n) is 9.54. The summed E-state index contributed by atoms with van der Waals surface area (Å²) >= 11 is 6.10. The second-order valence-electron chi connectivity index (χ2n) is 7.50. The number of nitrogens with zero attached hydrogens (tertiary/aromatic N) is 4. The van der Waals surface area contributed by atoms with Crippen molar-refractivity contribution in [3.05, 3.63) is 11.5 Å². The zero-order valence-corrected chi connectivity index (χ0v) is 17.5. The van der Waals surface area contributed by atoms with Gasteiger partial charge in [0.05, 0.1) is 18.2 Å². The fraction of sp³-hybridized carbons (Fsp3) is 0.688. The van der Waals surface area contributed by atoms with E-state index in [0.717, 1.165) is 25.7 Å². The molecule has 2 aromatic heterocycles. The molecular formula is C16H23ClN5O7P. The van der Waals surface area contributed by atoms with E-state index in [2.05, 4.69) is 20.4 Å². The lowest BCUT2D eigenvalue weighted by Crippen LogP contribution is -2.34. The molecule has 3 heterocycles. The van der Waals surface area contributed by atoms with E-state index in [1.165, 1.54) is 10.9 Å². The minimum absolute atomic E-state index is 0.000639. The minimum atomic E-state index is -4.36. The van der Waals surface area contributed by atoms with Gasteiger partial charge in [0.25, 0.3) is 0 Å². The lowest BCUT2D eigenvalue weighted by atomic mass is 10.1. The summed E-state index contributed by atoms with van der Waals surface area (Å²) in [5, 5.41) is 28.9. The molecule has 2 aliphatic rings. The lowest BCUT2D eigenvalue weighted by molar-refractivity contribution is -0.0658. The number of anilines is 1. The fourth-order valence-corrected chi connectivity index (χ4v) is 4.32. The molecule has 0 spiro atoms. The van der Waals surface area contributed by atoms with Gasteiger partial charge in [0, 0.05) is 6.04 Å². The summed E-state index contributed by atoms with van der Waals surface area (Å²) in [6.45, 7) is -0.316. The summed E-state index contributed by atoms with van der Waals surface area (Å²) in [6.07, 6.45) is 0.253. The van der Waals surface area contributed by atoms with Gasteiger partial charge in [0.15, 0.2) is 11.9 Å². The van der Waals surface area contributed by atoms with Gasteiger partial charge in [-0.05, 0) is 24.4 Å². The van der Waals surface area contributed by atoms with Gasteiger partial charge < -0.3 is 34.8 Å². The highest BCUT2D eigenvalue weighted by atomic mass is 35.5. The number of fused-ring (bicyclic) bond motifs is 1. The Labute approximate surface area is 176 Å². The van der Waals surface area contributed by atoms with Crippen LogP contribution in [0.1, 0.15) is 31.9 Å². The molecular weight excluding hydrogens is 441 g/mol. The van der Waals surface area contributed by atoms with Crippen molar-refractivity contribution in [2.24, 2.45) is 0 Å². The molecule has 2 fully saturated rings. The standard InChI is InChI=1S/C16H23ClN5O7P/c17-16-20-13(19-8-3-1-2-4-8)9-5-18-22(14(9)21-16)15-12(24)11(23)10(29-15)6-28-7-30(25,26)27/h5,8,10-12,15,23-24H,1-4,6-7H2,(H,19,20,21)(H2,25,26,27). The van der Waals surface area contributed by atoms with Crippen LogP contribution in [0.3, 0.4) is 0 Å². The van der Waals surface area contributed by atoms with Crippen molar-refractivity contribution in [2.75, 3.05) is 18.3 Å². The van der Waals surface area contributed by atoms with Crippen LogP contribution in [0.2, 0.25) is 5.28 Å². The summed E-state index contributed by atoms with van der Waals surface area (Å²) < 4.78 is 22.8. The molecule has 1 saturated carbocycles. The average molecular weight is 464 g/mol. The van der Waals surface area contributed by atoms with Gasteiger partial charge in [-0.3, -0.25) is 4.57 Å². The molecule has 30 heavy (non-hydrogen) atoms. The van der Waals surface area contributed by atoms with Crippen LogP contribution in [0, 0.1) is 0 Å². The van der Waals surface area contributed by atoms with Crippen molar-refractivity contribution in [3.63, 3.8) is 0 Å². The van der Waals surface area contributed by atoms with Crippen molar-refractivity contribution in [1.29, 1.82) is 0 Å². The van der Waals surface area contributed by atoms with Crippen molar-refractivity contribution < 1.29 is 34.0 Å². The number of rotatable bonds is 7. The maximum Gasteiger partial charge on any atom is 0.350 e. The summed E-state index contributed by atoms with van der Waals surface area (Å²) in [7, 11) is -4.36. The molecule has 1 saturated heterocycles. The Balaban J connectivity index is 1.55. The average Bonchev–Trinajstić information content (AvgIpc) is 3.37. The summed E-state index contributed by atoms with van der Waals surface area (Å²) in [4.78, 5) is 26.2. The zero-order valence-electron chi connectivity index (χ0n) is 15.8. The van der Waals surface area contributed by atoms with Crippen molar-refractivity contribution in [1.82, 2.24) is 19.7 Å². The van der Waals surface area contributed by atoms with Crippen LogP contribution in [-0.2, 0) is 14.0 Å². The van der Waals surface area contributed by atoms with Crippen molar-refractivity contribution in [3.8, 4) is 0 Å². The molecule has 4 unspecified atom stereocenters. The van der Waals surface area contributed by atoms with Gasteiger partial charge in [0.1, 0.15) is 30.5 Å². The Morgan fingerprint density at radius 3 is 2.70 bits per heavy atom. The number of hydrogen-bond donors (Lipinski definition) is 5. The normalized spacial score (nSPS) is 27.9. The molecule has 2 aromatic rings. The Kier molecular flexibility index (Phi) is 6.29. The number of aromatic nitrogens is 4. The van der Waals surface area contributed by atoms with E-state index in [1.807, 2.05) is 0 Å². The van der Waals surface area contributed by atoms with Crippen LogP contribution in [0.15, 0.2) is 6.20 Å². The predicted molar refractivity (Wildman–Crippen MR) is 105 cm³/mol. The zero-order chi connectivity index (χ0) is 21.5. The van der Waals surface area contributed by atoms with Crippen LogP contribution in [0.5, 0.6) is 0 Å². The number of halogens is 1. The molecule has 0 aromatic carbocycles. The number of aliphatic hydroxyl groups excluding tert-OH is 2. The van der Waals surface area contributed by atoms with Crippen LogP contribution >= 0.6 is 19.2 Å². The van der Waals surface area contributed by atoms with Gasteiger partial charge in [-0.2, -0.15) is 15.1 Å². The minimum Gasteiger partial charge on any atom is -0.387 e. The number of nitrogens with one attached hydrogen (secondary N) is 1. The van der Waals surface area contributed by atoms with Crippen LogP contribution < -0.4 is 5.32 Å². The summed E-state index contributed by atoms with van der Waals surface area (Å²) in [6, 6.07) is 0.285. The largest absolute Gasteiger partial charge is 0.387 e. The molecule has 0 bridgehead atoms. The molecule has 12 nitrogen and oxygen atoms in total. The van der Waals surface area contributed by atoms with Crippen molar-refractivity contribution in [2.45, 2.75) is 56.3 Å². The Hall–Kier alpha value is -1.37. The van der Waals surface area contributed by atoms with Gasteiger partial charge in [0.2, 0.25) is 5.28 Å². The first-order chi connectivity index (χ1) is 14.2. The van der Waals surface area contributed by atoms with Gasteiger partial charge in [-0.15, -0.1) is 0 Å². The van der Waals surface area contributed by atoms with Crippen LogP contribution in [0.4, 0.5) is 5.82 Å². The third-order valence-corrected chi connectivity index (χ3v) is 5.93. The van der Waals surface area contributed by atoms with E-state index in [-0.39, 0.29) is 17.9 Å². The Morgan fingerprint density at radius 1 is 1.27 bits per heavy atom. The van der Waals surface area contributed by atoms with Crippen LogP contribution in [-0.4, -0.2) is 77.1 Å². The molecule has 0 amide bonds. The smallest absolute Gasteiger partial charge is 0.350 e. The number of aliphatic hydroxyl groups is 2. The monoisotopic (exact) mass is 463 g/mol. The molecule has 1 aliphatic heterocycles. The van der Waals surface area contributed by atoms with E-state index in [1.54, 1.807) is 0 Å². The van der Waals surface area contributed by atoms with E-state index in [9.17, 15) is 14.8 Å². The second-order valence-corrected chi connectivity index (χ2v) is 9.43. The fourth-order valence-electron chi connectivity index (χ4n) is 3.82. The molecule has 4 rings (SSSR count). The first-order valence-corrected chi connectivity index (χ1v) is 11.7. The molecule has 14 heteroatoms. The van der Waals surface area contributed by atoms with E-state index in [4.69, 9.17) is 30.9 Å².